The molecule has 40 nitrogen and oxygen atoms in total. The Morgan fingerprint density at radius 2 is 0.602 bits per heavy atom. The fourth-order valence-electron chi connectivity index (χ4n) is 9.66. The predicted molar refractivity (Wildman–Crippen MR) is 452 cm³/mol. The number of nitrogens with zero attached hydrogens (tertiary/aromatic N) is 20. The van der Waals surface area contributed by atoms with Crippen molar-refractivity contribution in [3.05, 3.63) is 0 Å². The third-order valence-electron chi connectivity index (χ3n) is 15.9. The van der Waals surface area contributed by atoms with Gasteiger partial charge in [-0.2, -0.15) is 20.0 Å². The van der Waals surface area contributed by atoms with Gasteiger partial charge in [0, 0.05) is 109 Å². The lowest BCUT2D eigenvalue weighted by molar-refractivity contribution is 0.462. The Kier molecular flexibility index (Phi) is 46.9. The highest BCUT2D eigenvalue weighted by atomic mass is 15.5. The quantitative estimate of drug-likeness (QED) is 0.0775. The van der Waals surface area contributed by atoms with Crippen molar-refractivity contribution in [2.75, 3.05) is 109 Å². The maximum atomic E-state index is 7.67. The largest absolute Gasteiger partial charge is 0.370 e. The Morgan fingerprint density at radius 1 is 0.324 bits per heavy atom. The number of hydrogen-bond donors (Lipinski definition) is 20. The zero-order chi connectivity index (χ0) is 81.6. The summed E-state index contributed by atoms with van der Waals surface area (Å²) in [6.07, 6.45) is 14.2. The molecule has 8 atom stereocenters. The van der Waals surface area contributed by atoms with Crippen molar-refractivity contribution in [2.24, 2.45) is 82.8 Å². The van der Waals surface area contributed by atoms with Crippen molar-refractivity contribution in [1.29, 1.82) is 21.6 Å². The minimum Gasteiger partial charge on any atom is -0.370 e. The molecular formula is C68H144N40. The molecular weight excluding hydrogens is 1380 g/mol. The molecule has 0 aromatic carbocycles. The first-order valence-corrected chi connectivity index (χ1v) is 38.3. The Hall–Kier alpha value is -10.1. The van der Waals surface area contributed by atoms with Crippen LogP contribution in [0.5, 0.6) is 0 Å². The molecule has 0 aromatic heterocycles. The maximum absolute atomic E-state index is 7.67. The number of guanidine groups is 16. The fourth-order valence-corrected chi connectivity index (χ4v) is 9.66. The summed E-state index contributed by atoms with van der Waals surface area (Å²) in [6.45, 7) is 39.5. The average Bonchev–Trinajstić information content (AvgIpc) is 0.860. The normalized spacial score (nSPS) is 23.3. The van der Waals surface area contributed by atoms with Crippen molar-refractivity contribution < 1.29 is 0 Å². The summed E-state index contributed by atoms with van der Waals surface area (Å²) < 4.78 is 0. The third kappa shape index (κ3) is 38.5. The molecule has 0 radical (unpaired) electrons. The Labute approximate surface area is 646 Å². The number of nitrogens with two attached hydrogens (primary N) is 4. The van der Waals surface area contributed by atoms with Gasteiger partial charge in [0.05, 0.1) is 24.7 Å². The number of hydrogen-bond acceptors (Lipinski definition) is 28. The zero-order valence-electron chi connectivity index (χ0n) is 70.0. The van der Waals surface area contributed by atoms with Crippen LogP contribution in [0.15, 0.2) is 59.9 Å². The van der Waals surface area contributed by atoms with E-state index in [9.17, 15) is 0 Å². The van der Waals surface area contributed by atoms with Crippen molar-refractivity contribution in [3.63, 3.8) is 0 Å². The second-order valence-electron chi connectivity index (χ2n) is 26.5. The molecule has 4 fully saturated rings. The van der Waals surface area contributed by atoms with E-state index in [4.69, 9.17) is 44.6 Å². The molecule has 0 aromatic rings. The SMILES string of the molecule is CCCCCN(C)C1=NC(C)NC(N)=N1.CCCCCN=C1NC(C)NC(=N)N1C.CCCCN(C)C1=NC(C)NC(N)=N1.CCCCN=C1NC(C)NC(=N)N1C.CCCN(C)C1=NC(C)NC(N)=N1.CCCN=C1NC(C)NC(=N)N1C.CCN(C)C1=NC(C)NC(N)=N1.CCN=C1NC(C)NC(=N)N1C. The van der Waals surface area contributed by atoms with Crippen LogP contribution >= 0.6 is 0 Å². The van der Waals surface area contributed by atoms with Crippen molar-refractivity contribution >= 4 is 95.4 Å². The summed E-state index contributed by atoms with van der Waals surface area (Å²) in [5.41, 5.74) is 22.4. The zero-order valence-corrected chi connectivity index (χ0v) is 70.0. The predicted octanol–water partition coefficient (Wildman–Crippen LogP) is 1.98. The fraction of sp³-hybridized carbons (Fsp3) is 0.765. The highest BCUT2D eigenvalue weighted by molar-refractivity contribution is 6.02. The first-order valence-electron chi connectivity index (χ1n) is 38.3. The van der Waals surface area contributed by atoms with Crippen LogP contribution in [0.25, 0.3) is 0 Å². The van der Waals surface area contributed by atoms with E-state index in [1.165, 1.54) is 38.5 Å². The lowest BCUT2D eigenvalue weighted by Gasteiger charge is -2.33. The van der Waals surface area contributed by atoms with E-state index in [-0.39, 0.29) is 49.3 Å². The standard InChI is InChI=1S/2C10H21N5.2C9H19N5.2C8H17N5.2C7H15N5/c1-4-5-6-7-15(3)10-13-8(2)12-9(11)14-10;1-4-5-6-7-12-10-14-8(2)13-9(11)15(10)3;1-4-5-6-14(3)9-12-7(2)11-8(10)13-9;1-4-5-6-11-9-13-7(2)12-8(10)14(9)3;1-4-5-13(3)8-11-6(2)10-7(9)12-8;1-4-5-10-8-12-6(2)11-7(9)13(8)3;1-4-12(3)7-10-5(2)9-6(8)11-7;1-4-9-7-11-5(2)10-6(8)12(7)3/h8H,4-7H2,1-3H3,(H3,11,12,13,14);8H,4-7H2,1-3H3,(H2,11,13)(H,12,14);7H,4-6H2,1-3H3,(H3,10,11,12,13);7H,4-6H2,1-3H3,(H2,10,12)(H,11,13);6H,4-5H2,1-3H3,(H3,9,10,11,12);6H,4-5H2,1-3H3,(H2,9,11)(H,10,12);5H,4H2,1-3H3,(H3,8,9,10,11);5H,4H2,1-3H3,(H2,8,10)(H,9,11). The number of unbranched alkanes of at least 4 members (excludes halogenated alkanes) is 6. The molecule has 40 heteroatoms. The first kappa shape index (κ1) is 95.9. The van der Waals surface area contributed by atoms with Gasteiger partial charge in [0.25, 0.3) is 0 Å². The monoisotopic (exact) mass is 1520 g/mol. The molecule has 8 unspecified atom stereocenters. The van der Waals surface area contributed by atoms with E-state index in [1.54, 1.807) is 19.6 Å². The summed E-state index contributed by atoms with van der Waals surface area (Å²) in [5, 5.41) is 66.6. The minimum absolute atomic E-state index is 0.0196. The first-order chi connectivity index (χ1) is 51.1. The Balaban J connectivity index is 0.000000618. The molecule has 0 aliphatic carbocycles. The van der Waals surface area contributed by atoms with Crippen molar-refractivity contribution in [2.45, 2.75) is 237 Å². The van der Waals surface area contributed by atoms with Crippen LogP contribution in [0, 0.1) is 21.6 Å². The molecule has 0 spiro atoms. The summed E-state index contributed by atoms with van der Waals surface area (Å²) >= 11 is 0. The number of rotatable bonds is 20. The van der Waals surface area contributed by atoms with Crippen LogP contribution in [0.3, 0.4) is 0 Å². The van der Waals surface area contributed by atoms with Gasteiger partial charge < -0.3 is 106 Å². The Morgan fingerprint density at radius 3 is 0.889 bits per heavy atom. The second-order valence-corrected chi connectivity index (χ2v) is 26.5. The van der Waals surface area contributed by atoms with Gasteiger partial charge in [0.2, 0.25) is 47.7 Å². The highest BCUT2D eigenvalue weighted by Gasteiger charge is 2.25. The van der Waals surface area contributed by atoms with Gasteiger partial charge in [-0.3, -0.25) is 61.2 Å². The number of nitrogens with one attached hydrogen (secondary N) is 16. The van der Waals surface area contributed by atoms with E-state index in [0.717, 1.165) is 127 Å². The molecule has 8 rings (SSSR count). The summed E-state index contributed by atoms with van der Waals surface area (Å²) in [7, 11) is 15.2. The van der Waals surface area contributed by atoms with Crippen LogP contribution in [-0.4, -0.2) is 293 Å². The molecule has 8 aliphatic rings. The van der Waals surface area contributed by atoms with Crippen LogP contribution < -0.4 is 86.7 Å². The molecule has 4 saturated heterocycles. The lowest BCUT2D eigenvalue weighted by atomic mass is 10.2. The van der Waals surface area contributed by atoms with E-state index < -0.39 is 0 Å². The summed E-state index contributed by atoms with van der Waals surface area (Å²) in [4.78, 5) is 66.1. The van der Waals surface area contributed by atoms with E-state index in [2.05, 4.69) is 170 Å². The average molecular weight is 1520 g/mol. The van der Waals surface area contributed by atoms with Gasteiger partial charge in [-0.1, -0.05) is 80.1 Å². The van der Waals surface area contributed by atoms with Crippen LogP contribution in [0.1, 0.15) is 188 Å². The van der Waals surface area contributed by atoms with Crippen LogP contribution in [0.4, 0.5) is 0 Å². The van der Waals surface area contributed by atoms with E-state index in [1.807, 2.05) is 140 Å². The van der Waals surface area contributed by atoms with E-state index in [0.29, 0.717) is 59.6 Å². The highest BCUT2D eigenvalue weighted by Crippen LogP contribution is 2.07. The smallest absolute Gasteiger partial charge is 0.225 e. The molecule has 0 saturated carbocycles. The molecule has 8 aliphatic heterocycles. The maximum Gasteiger partial charge on any atom is 0.225 e. The Bertz CT molecular complexity index is 3070. The lowest BCUT2D eigenvalue weighted by Crippen LogP contribution is -2.62. The van der Waals surface area contributed by atoms with Crippen LogP contribution in [0.2, 0.25) is 0 Å². The molecule has 108 heavy (non-hydrogen) atoms. The van der Waals surface area contributed by atoms with Gasteiger partial charge in [0.15, 0.2) is 47.7 Å². The van der Waals surface area contributed by atoms with Gasteiger partial charge in [-0.25, -0.2) is 20.0 Å². The van der Waals surface area contributed by atoms with Gasteiger partial charge in [-0.05, 0) is 108 Å². The molecule has 616 valence electrons. The van der Waals surface area contributed by atoms with Gasteiger partial charge in [-0.15, -0.1) is 0 Å². The van der Waals surface area contributed by atoms with Crippen molar-refractivity contribution in [3.8, 4) is 0 Å². The molecule has 8 heterocycles. The summed E-state index contributed by atoms with van der Waals surface area (Å²) in [6, 6.07) is 0. The van der Waals surface area contributed by atoms with Crippen LogP contribution in [-0.2, 0) is 0 Å². The number of aliphatic imine (C=N–C) groups is 12. The summed E-state index contributed by atoms with van der Waals surface area (Å²) in [5.74, 6) is 9.33. The molecule has 0 bridgehead atoms. The van der Waals surface area contributed by atoms with Gasteiger partial charge >= 0.3 is 0 Å². The van der Waals surface area contributed by atoms with Crippen molar-refractivity contribution in [1.82, 2.24) is 103 Å². The molecule has 24 N–H and O–H groups in total. The van der Waals surface area contributed by atoms with Gasteiger partial charge in [0.1, 0.15) is 24.7 Å². The molecule has 0 amide bonds. The van der Waals surface area contributed by atoms with E-state index >= 15 is 0 Å². The topological polar surface area (TPSA) is 518 Å². The second kappa shape index (κ2) is 52.8. The third-order valence-corrected chi connectivity index (χ3v) is 15.9. The minimum atomic E-state index is 0.0196.